The van der Waals surface area contributed by atoms with Crippen molar-refractivity contribution in [1.29, 1.82) is 0 Å². The predicted molar refractivity (Wildman–Crippen MR) is 106 cm³/mol. The summed E-state index contributed by atoms with van der Waals surface area (Å²) in [5.41, 5.74) is 3.38. The molecule has 3 aromatic rings. The summed E-state index contributed by atoms with van der Waals surface area (Å²) in [6.45, 7) is 1.47. The van der Waals surface area contributed by atoms with E-state index >= 15 is 0 Å². The minimum atomic E-state index is -0.226. The molecule has 130 valence electrons. The third-order valence-corrected chi connectivity index (χ3v) is 4.22. The third-order valence-electron chi connectivity index (χ3n) is 3.46. The van der Waals surface area contributed by atoms with Crippen molar-refractivity contribution in [3.8, 4) is 11.3 Å². The number of benzene rings is 2. The Bertz CT molecular complexity index is 931. The van der Waals surface area contributed by atoms with Crippen LogP contribution in [0.15, 0.2) is 66.1 Å². The molecule has 0 spiro atoms. The molecule has 3 rings (SSSR count). The van der Waals surface area contributed by atoms with Crippen LogP contribution in [0, 0.1) is 0 Å². The molecule has 0 aliphatic heterocycles. The Labute approximate surface area is 155 Å². The summed E-state index contributed by atoms with van der Waals surface area (Å²) < 4.78 is 0. The maximum atomic E-state index is 12.0. The number of aromatic nitrogens is 1. The largest absolute Gasteiger partial charge is 0.326 e. The zero-order valence-corrected chi connectivity index (χ0v) is 14.9. The number of hydrogen-bond donors (Lipinski definition) is 2. The SMILES string of the molecule is CC(=O)Nc1ccc(-c2csc(NC(=O)/C=C/c3ccccc3)n2)cc1. The van der Waals surface area contributed by atoms with Gasteiger partial charge in [-0.15, -0.1) is 11.3 Å². The van der Waals surface area contributed by atoms with Crippen LogP contribution in [-0.4, -0.2) is 16.8 Å². The number of carbonyl (C=O) groups excluding carboxylic acids is 2. The van der Waals surface area contributed by atoms with Crippen LogP contribution in [0.1, 0.15) is 12.5 Å². The fourth-order valence-electron chi connectivity index (χ4n) is 2.27. The van der Waals surface area contributed by atoms with Gasteiger partial charge in [0.15, 0.2) is 5.13 Å². The molecule has 6 heteroatoms. The van der Waals surface area contributed by atoms with Gasteiger partial charge in [-0.3, -0.25) is 14.9 Å². The van der Waals surface area contributed by atoms with Gasteiger partial charge in [-0.25, -0.2) is 4.98 Å². The fraction of sp³-hybridized carbons (Fsp3) is 0.0500. The number of nitrogens with one attached hydrogen (secondary N) is 2. The average molecular weight is 363 g/mol. The molecule has 1 aromatic heterocycles. The van der Waals surface area contributed by atoms with Crippen molar-refractivity contribution in [3.05, 3.63) is 71.6 Å². The molecule has 0 unspecified atom stereocenters. The first-order chi connectivity index (χ1) is 12.6. The van der Waals surface area contributed by atoms with Crippen molar-refractivity contribution in [2.24, 2.45) is 0 Å². The van der Waals surface area contributed by atoms with Crippen LogP contribution in [0.25, 0.3) is 17.3 Å². The van der Waals surface area contributed by atoms with Gasteiger partial charge in [0.25, 0.3) is 0 Å². The van der Waals surface area contributed by atoms with Gasteiger partial charge >= 0.3 is 0 Å². The van der Waals surface area contributed by atoms with Crippen molar-refractivity contribution < 1.29 is 9.59 Å². The molecule has 0 fully saturated rings. The molecule has 2 aromatic carbocycles. The summed E-state index contributed by atoms with van der Waals surface area (Å²) in [5.74, 6) is -0.337. The lowest BCUT2D eigenvalue weighted by Gasteiger charge is -2.02. The van der Waals surface area contributed by atoms with E-state index in [9.17, 15) is 9.59 Å². The molecule has 1 heterocycles. The van der Waals surface area contributed by atoms with Gasteiger partial charge in [0.1, 0.15) is 0 Å². The minimum absolute atomic E-state index is 0.111. The quantitative estimate of drug-likeness (QED) is 0.659. The molecular formula is C20H17N3O2S. The molecule has 2 N–H and O–H groups in total. The third kappa shape index (κ3) is 4.87. The summed E-state index contributed by atoms with van der Waals surface area (Å²) in [6, 6.07) is 17.0. The van der Waals surface area contributed by atoms with Crippen LogP contribution < -0.4 is 10.6 Å². The Morgan fingerprint density at radius 2 is 1.73 bits per heavy atom. The van der Waals surface area contributed by atoms with Crippen LogP contribution in [0.3, 0.4) is 0 Å². The highest BCUT2D eigenvalue weighted by atomic mass is 32.1. The van der Waals surface area contributed by atoms with Gasteiger partial charge in [0.2, 0.25) is 11.8 Å². The Hall–Kier alpha value is -3.25. The van der Waals surface area contributed by atoms with Crippen LogP contribution in [0.2, 0.25) is 0 Å². The van der Waals surface area contributed by atoms with Crippen molar-refractivity contribution in [2.75, 3.05) is 10.6 Å². The summed E-state index contributed by atoms with van der Waals surface area (Å²) >= 11 is 1.36. The lowest BCUT2D eigenvalue weighted by molar-refractivity contribution is -0.114. The van der Waals surface area contributed by atoms with E-state index in [-0.39, 0.29) is 11.8 Å². The molecule has 26 heavy (non-hydrogen) atoms. The summed E-state index contributed by atoms with van der Waals surface area (Å²) in [5, 5.41) is 7.90. The van der Waals surface area contributed by atoms with Crippen molar-refractivity contribution in [3.63, 3.8) is 0 Å². The molecule has 5 nitrogen and oxygen atoms in total. The zero-order valence-electron chi connectivity index (χ0n) is 14.1. The first kappa shape index (κ1) is 17.6. The predicted octanol–water partition coefficient (Wildman–Crippen LogP) is 4.42. The molecule has 0 aliphatic carbocycles. The Morgan fingerprint density at radius 3 is 2.42 bits per heavy atom. The molecular weight excluding hydrogens is 346 g/mol. The molecule has 0 saturated heterocycles. The standard InChI is InChI=1S/C20H17N3O2S/c1-14(24)21-17-10-8-16(9-11-17)18-13-26-20(22-18)23-19(25)12-7-15-5-3-2-4-6-15/h2-13H,1H3,(H,21,24)(H,22,23,25)/b12-7+. The zero-order chi connectivity index (χ0) is 18.4. The van der Waals surface area contributed by atoms with E-state index in [1.807, 2.05) is 60.0 Å². The van der Waals surface area contributed by atoms with Crippen LogP contribution >= 0.6 is 11.3 Å². The first-order valence-corrected chi connectivity index (χ1v) is 8.86. The summed E-state index contributed by atoms with van der Waals surface area (Å²) in [7, 11) is 0. The Kier molecular flexibility index (Phi) is 5.56. The van der Waals surface area contributed by atoms with E-state index in [0.717, 1.165) is 22.5 Å². The second kappa shape index (κ2) is 8.22. The number of rotatable bonds is 5. The molecule has 0 atom stereocenters. The van der Waals surface area contributed by atoms with Crippen LogP contribution in [0.5, 0.6) is 0 Å². The maximum absolute atomic E-state index is 12.0. The van der Waals surface area contributed by atoms with Gasteiger partial charge < -0.3 is 5.32 Å². The van der Waals surface area contributed by atoms with Gasteiger partial charge in [-0.1, -0.05) is 42.5 Å². The average Bonchev–Trinajstić information content (AvgIpc) is 3.09. The summed E-state index contributed by atoms with van der Waals surface area (Å²) in [6.07, 6.45) is 3.24. The second-order valence-corrected chi connectivity index (χ2v) is 6.39. The number of carbonyl (C=O) groups is 2. The molecule has 0 radical (unpaired) electrons. The number of anilines is 2. The highest BCUT2D eigenvalue weighted by Gasteiger charge is 2.07. The highest BCUT2D eigenvalue weighted by molar-refractivity contribution is 7.14. The van der Waals surface area contributed by atoms with E-state index in [0.29, 0.717) is 5.13 Å². The second-order valence-electron chi connectivity index (χ2n) is 5.53. The van der Waals surface area contributed by atoms with Gasteiger partial charge in [-0.05, 0) is 23.8 Å². The van der Waals surface area contributed by atoms with Crippen molar-refractivity contribution >= 4 is 40.0 Å². The van der Waals surface area contributed by atoms with Crippen molar-refractivity contribution in [2.45, 2.75) is 6.92 Å². The van der Waals surface area contributed by atoms with E-state index in [4.69, 9.17) is 0 Å². The Morgan fingerprint density at radius 1 is 1.00 bits per heavy atom. The van der Waals surface area contributed by atoms with E-state index in [1.165, 1.54) is 24.3 Å². The lowest BCUT2D eigenvalue weighted by Crippen LogP contribution is -2.07. The fourth-order valence-corrected chi connectivity index (χ4v) is 3.00. The van der Waals surface area contributed by atoms with Gasteiger partial charge in [0.05, 0.1) is 5.69 Å². The number of thiazole rings is 1. The minimum Gasteiger partial charge on any atom is -0.326 e. The highest BCUT2D eigenvalue weighted by Crippen LogP contribution is 2.26. The lowest BCUT2D eigenvalue weighted by atomic mass is 10.1. The van der Waals surface area contributed by atoms with Crippen LogP contribution in [-0.2, 0) is 9.59 Å². The van der Waals surface area contributed by atoms with Gasteiger partial charge in [0, 0.05) is 29.6 Å². The molecule has 0 bridgehead atoms. The van der Waals surface area contributed by atoms with Crippen LogP contribution in [0.4, 0.5) is 10.8 Å². The topological polar surface area (TPSA) is 71.1 Å². The molecule has 0 aliphatic rings. The van der Waals surface area contributed by atoms with Crippen molar-refractivity contribution in [1.82, 2.24) is 4.98 Å². The van der Waals surface area contributed by atoms with E-state index in [1.54, 1.807) is 6.08 Å². The van der Waals surface area contributed by atoms with Gasteiger partial charge in [-0.2, -0.15) is 0 Å². The number of hydrogen-bond acceptors (Lipinski definition) is 4. The Balaban J connectivity index is 1.63. The maximum Gasteiger partial charge on any atom is 0.250 e. The van der Waals surface area contributed by atoms with E-state index in [2.05, 4.69) is 15.6 Å². The number of amides is 2. The number of nitrogens with zero attached hydrogens (tertiary/aromatic N) is 1. The monoisotopic (exact) mass is 363 g/mol. The molecule has 2 amide bonds. The summed E-state index contributed by atoms with van der Waals surface area (Å²) in [4.78, 5) is 27.5. The normalized spacial score (nSPS) is 10.7. The molecule has 0 saturated carbocycles. The first-order valence-electron chi connectivity index (χ1n) is 7.98. The smallest absolute Gasteiger partial charge is 0.250 e. The van der Waals surface area contributed by atoms with E-state index < -0.39 is 0 Å².